The predicted molar refractivity (Wildman–Crippen MR) is 62.7 cm³/mol. The Balaban J connectivity index is 2.62. The maximum absolute atomic E-state index is 10.9. The molecule has 2 aromatic rings. The van der Waals surface area contributed by atoms with E-state index in [-0.39, 0.29) is 17.1 Å². The Labute approximate surface area is 108 Å². The van der Waals surface area contributed by atoms with Gasteiger partial charge in [-0.3, -0.25) is 15.1 Å². The van der Waals surface area contributed by atoms with Crippen molar-refractivity contribution in [3.8, 4) is 5.69 Å². The van der Waals surface area contributed by atoms with E-state index in [1.807, 2.05) is 0 Å². The Hall–Kier alpha value is -2.29. The van der Waals surface area contributed by atoms with Gasteiger partial charge in [0.25, 0.3) is 0 Å². The summed E-state index contributed by atoms with van der Waals surface area (Å²) in [5.41, 5.74) is -0.347. The zero-order chi connectivity index (χ0) is 13.3. The van der Waals surface area contributed by atoms with Crippen molar-refractivity contribution >= 4 is 27.6 Å². The van der Waals surface area contributed by atoms with Crippen molar-refractivity contribution in [3.05, 3.63) is 44.9 Å². The molecule has 0 fully saturated rings. The van der Waals surface area contributed by atoms with Crippen molar-refractivity contribution in [2.75, 3.05) is 0 Å². The van der Waals surface area contributed by atoms with E-state index in [0.717, 1.165) is 10.9 Å². The van der Waals surface area contributed by atoms with Crippen LogP contribution in [0, 0.1) is 10.1 Å². The molecule has 0 spiro atoms. The molecule has 2 rings (SSSR count). The summed E-state index contributed by atoms with van der Waals surface area (Å²) >= 11 is 3.12. The number of pyridine rings is 1. The first-order valence-corrected chi connectivity index (χ1v) is 5.37. The van der Waals surface area contributed by atoms with Gasteiger partial charge < -0.3 is 5.11 Å². The van der Waals surface area contributed by atoms with Crippen molar-refractivity contribution in [2.24, 2.45) is 0 Å². The van der Waals surface area contributed by atoms with E-state index in [9.17, 15) is 14.9 Å². The smallest absolute Gasteiger partial charge is 0.356 e. The molecule has 0 aliphatic heterocycles. The van der Waals surface area contributed by atoms with Crippen molar-refractivity contribution in [1.29, 1.82) is 0 Å². The fourth-order valence-electron chi connectivity index (χ4n) is 1.34. The van der Waals surface area contributed by atoms with Crippen LogP contribution in [0.3, 0.4) is 0 Å². The number of aromatic carboxylic acids is 1. The van der Waals surface area contributed by atoms with Gasteiger partial charge >= 0.3 is 11.7 Å². The monoisotopic (exact) mass is 312 g/mol. The molecule has 18 heavy (non-hydrogen) atoms. The topological polar surface area (TPSA) is 111 Å². The quantitative estimate of drug-likeness (QED) is 0.681. The molecule has 0 atom stereocenters. The number of nitro groups is 1. The minimum atomic E-state index is -1.21. The van der Waals surface area contributed by atoms with Gasteiger partial charge in [0.05, 0.1) is 9.40 Å². The fourth-order valence-corrected chi connectivity index (χ4v) is 1.84. The minimum absolute atomic E-state index is 0.127. The molecule has 0 unspecified atom stereocenters. The molecule has 0 saturated carbocycles. The summed E-state index contributed by atoms with van der Waals surface area (Å²) in [6.07, 6.45) is 3.77. The second-order valence-electron chi connectivity index (χ2n) is 3.20. The van der Waals surface area contributed by atoms with Crippen LogP contribution < -0.4 is 0 Å². The molecule has 2 aromatic heterocycles. The summed E-state index contributed by atoms with van der Waals surface area (Å²) in [7, 11) is 0. The molecule has 1 N–H and O–H groups in total. The van der Waals surface area contributed by atoms with Crippen molar-refractivity contribution in [3.63, 3.8) is 0 Å². The lowest BCUT2D eigenvalue weighted by molar-refractivity contribution is -0.385. The molecule has 8 nitrogen and oxygen atoms in total. The second kappa shape index (κ2) is 4.53. The van der Waals surface area contributed by atoms with Crippen molar-refractivity contribution in [1.82, 2.24) is 14.8 Å². The summed E-state index contributed by atoms with van der Waals surface area (Å²) < 4.78 is 1.46. The summed E-state index contributed by atoms with van der Waals surface area (Å²) in [5, 5.41) is 23.4. The number of carboxylic acids is 1. The fraction of sp³-hybridized carbons (Fsp3) is 0. The number of halogens is 1. The molecule has 92 valence electrons. The first-order chi connectivity index (χ1) is 8.50. The largest absolute Gasteiger partial charge is 0.476 e. The van der Waals surface area contributed by atoms with E-state index in [0.29, 0.717) is 4.47 Å². The van der Waals surface area contributed by atoms with Crippen molar-refractivity contribution in [2.45, 2.75) is 0 Å². The number of hydrogen-bond donors (Lipinski definition) is 1. The lowest BCUT2D eigenvalue weighted by atomic mass is 10.3. The summed E-state index contributed by atoms with van der Waals surface area (Å²) in [4.78, 5) is 24.7. The average Bonchev–Trinajstić information content (AvgIpc) is 2.77. The molecule has 0 amide bonds. The van der Waals surface area contributed by atoms with Gasteiger partial charge in [-0.25, -0.2) is 9.48 Å². The lowest BCUT2D eigenvalue weighted by Gasteiger charge is -2.04. The van der Waals surface area contributed by atoms with Crippen LogP contribution in [0.1, 0.15) is 10.5 Å². The highest BCUT2D eigenvalue weighted by molar-refractivity contribution is 9.10. The maximum atomic E-state index is 10.9. The van der Waals surface area contributed by atoms with E-state index >= 15 is 0 Å². The number of hydrogen-bond acceptors (Lipinski definition) is 5. The van der Waals surface area contributed by atoms with Crippen LogP contribution >= 0.6 is 15.9 Å². The maximum Gasteiger partial charge on any atom is 0.356 e. The third-order valence-corrected chi connectivity index (χ3v) is 2.67. The zero-order valence-electron chi connectivity index (χ0n) is 8.65. The van der Waals surface area contributed by atoms with E-state index in [1.54, 1.807) is 0 Å². The Bertz CT molecular complexity index is 639. The van der Waals surface area contributed by atoms with Crippen LogP contribution in [0.25, 0.3) is 5.69 Å². The molecule has 0 radical (unpaired) electrons. The Morgan fingerprint density at radius 1 is 1.50 bits per heavy atom. The number of nitrogens with zero attached hydrogens (tertiary/aromatic N) is 4. The number of carboxylic acid groups (broad SMARTS) is 1. The summed E-state index contributed by atoms with van der Waals surface area (Å²) in [5.74, 6) is -1.21. The molecule has 0 aliphatic carbocycles. The highest BCUT2D eigenvalue weighted by Crippen LogP contribution is 2.28. The summed E-state index contributed by atoms with van der Waals surface area (Å²) in [6.45, 7) is 0. The van der Waals surface area contributed by atoms with Crippen molar-refractivity contribution < 1.29 is 14.8 Å². The molecule has 0 saturated heterocycles. The standard InChI is InChI=1S/C9H5BrN4O4/c10-5-3-11-4-7(14(17)18)8(5)13-2-1-6(12-13)9(15)16/h1-4H,(H,15,16). The Morgan fingerprint density at radius 3 is 2.78 bits per heavy atom. The molecule has 0 aliphatic rings. The van der Waals surface area contributed by atoms with Crippen LogP contribution in [0.5, 0.6) is 0 Å². The SMILES string of the molecule is O=C(O)c1ccn(-c2c(Br)cncc2[N+](=O)[O-])n1. The van der Waals surface area contributed by atoms with Crippen LogP contribution in [0.2, 0.25) is 0 Å². The normalized spacial score (nSPS) is 10.3. The third kappa shape index (κ3) is 2.07. The summed E-state index contributed by atoms with van der Waals surface area (Å²) in [6, 6.07) is 1.25. The first kappa shape index (κ1) is 12.2. The van der Waals surface area contributed by atoms with E-state index < -0.39 is 10.9 Å². The van der Waals surface area contributed by atoms with Gasteiger partial charge in [-0.05, 0) is 22.0 Å². The van der Waals surface area contributed by atoms with Crippen LogP contribution in [-0.4, -0.2) is 30.8 Å². The van der Waals surface area contributed by atoms with Gasteiger partial charge in [0.2, 0.25) is 0 Å². The highest BCUT2D eigenvalue weighted by atomic mass is 79.9. The molecule has 0 aromatic carbocycles. The van der Waals surface area contributed by atoms with Gasteiger partial charge in [-0.1, -0.05) is 0 Å². The second-order valence-corrected chi connectivity index (χ2v) is 4.05. The molecule has 9 heteroatoms. The lowest BCUT2D eigenvalue weighted by Crippen LogP contribution is -2.05. The minimum Gasteiger partial charge on any atom is -0.476 e. The number of rotatable bonds is 3. The van der Waals surface area contributed by atoms with Crippen LogP contribution in [0.15, 0.2) is 29.1 Å². The predicted octanol–water partition coefficient (Wildman–Crippen LogP) is 1.64. The molecule has 2 heterocycles. The van der Waals surface area contributed by atoms with Gasteiger partial charge in [0.1, 0.15) is 6.20 Å². The molecular weight excluding hydrogens is 308 g/mol. The van der Waals surface area contributed by atoms with Gasteiger partial charge in [0.15, 0.2) is 11.4 Å². The zero-order valence-corrected chi connectivity index (χ0v) is 10.2. The van der Waals surface area contributed by atoms with E-state index in [1.165, 1.54) is 18.5 Å². The van der Waals surface area contributed by atoms with Gasteiger partial charge in [-0.2, -0.15) is 5.10 Å². The Morgan fingerprint density at radius 2 is 2.22 bits per heavy atom. The molecule has 0 bridgehead atoms. The van der Waals surface area contributed by atoms with Gasteiger partial charge in [-0.15, -0.1) is 0 Å². The van der Waals surface area contributed by atoms with E-state index in [2.05, 4.69) is 26.0 Å². The Kier molecular flexibility index (Phi) is 3.06. The number of carbonyl (C=O) groups is 1. The van der Waals surface area contributed by atoms with Crippen LogP contribution in [0.4, 0.5) is 5.69 Å². The third-order valence-electron chi connectivity index (χ3n) is 2.09. The number of aromatic nitrogens is 3. The van der Waals surface area contributed by atoms with E-state index in [4.69, 9.17) is 5.11 Å². The first-order valence-electron chi connectivity index (χ1n) is 4.58. The average molecular weight is 313 g/mol. The highest BCUT2D eigenvalue weighted by Gasteiger charge is 2.20. The molecular formula is C9H5BrN4O4. The van der Waals surface area contributed by atoms with Crippen LogP contribution in [-0.2, 0) is 0 Å². The van der Waals surface area contributed by atoms with Gasteiger partial charge in [0, 0.05) is 12.4 Å².